The summed E-state index contributed by atoms with van der Waals surface area (Å²) in [5.74, 6) is 0.898. The lowest BCUT2D eigenvalue weighted by Gasteiger charge is -2.39. The summed E-state index contributed by atoms with van der Waals surface area (Å²) in [6.45, 7) is 12.8. The highest BCUT2D eigenvalue weighted by molar-refractivity contribution is 14.0. The van der Waals surface area contributed by atoms with E-state index in [-0.39, 0.29) is 29.5 Å². The van der Waals surface area contributed by atoms with Crippen LogP contribution < -0.4 is 10.6 Å². The molecule has 7 nitrogen and oxygen atoms in total. The summed E-state index contributed by atoms with van der Waals surface area (Å²) in [5, 5.41) is 11.0. The zero-order chi connectivity index (χ0) is 18.1. The average Bonchev–Trinajstić information content (AvgIpc) is 3.02. The van der Waals surface area contributed by atoms with Crippen molar-refractivity contribution >= 4 is 29.9 Å². The molecule has 0 saturated carbocycles. The van der Waals surface area contributed by atoms with Crippen molar-refractivity contribution in [2.24, 2.45) is 12.0 Å². The number of morpholine rings is 1. The molecule has 1 aromatic rings. The van der Waals surface area contributed by atoms with Crippen LogP contribution in [0, 0.1) is 0 Å². The molecule has 26 heavy (non-hydrogen) atoms. The molecular formula is C18H35IN6O. The lowest BCUT2D eigenvalue weighted by Crippen LogP contribution is -2.52. The Morgan fingerprint density at radius 1 is 1.31 bits per heavy atom. The van der Waals surface area contributed by atoms with Gasteiger partial charge < -0.3 is 15.4 Å². The number of aryl methyl sites for hydroxylation is 2. The fraction of sp³-hybridized carbons (Fsp3) is 0.778. The van der Waals surface area contributed by atoms with Crippen molar-refractivity contribution in [3.05, 3.63) is 18.0 Å². The van der Waals surface area contributed by atoms with E-state index >= 15 is 0 Å². The SMILES string of the molecule is CCNC(=NCC(C)(C)N1CCOCC1)NCCCc1cnn(C)c1.I. The van der Waals surface area contributed by atoms with Crippen molar-refractivity contribution in [3.8, 4) is 0 Å². The predicted octanol–water partition coefficient (Wildman–Crippen LogP) is 1.64. The Balaban J connectivity index is 0.00000338. The normalized spacial score (nSPS) is 16.2. The van der Waals surface area contributed by atoms with E-state index in [9.17, 15) is 0 Å². The molecule has 2 heterocycles. The Kier molecular flexibility index (Phi) is 10.5. The van der Waals surface area contributed by atoms with E-state index in [2.05, 4.69) is 47.6 Å². The largest absolute Gasteiger partial charge is 0.379 e. The third-order valence-corrected chi connectivity index (χ3v) is 4.53. The highest BCUT2D eigenvalue weighted by Gasteiger charge is 2.28. The van der Waals surface area contributed by atoms with Gasteiger partial charge in [-0.1, -0.05) is 0 Å². The zero-order valence-electron chi connectivity index (χ0n) is 16.6. The molecule has 0 unspecified atom stereocenters. The second-order valence-electron chi connectivity index (χ2n) is 7.16. The van der Waals surface area contributed by atoms with Crippen LogP contribution in [0.5, 0.6) is 0 Å². The summed E-state index contributed by atoms with van der Waals surface area (Å²) in [6, 6.07) is 0. The Hall–Kier alpha value is -0.870. The summed E-state index contributed by atoms with van der Waals surface area (Å²) < 4.78 is 7.30. The van der Waals surface area contributed by atoms with Crippen molar-refractivity contribution in [2.45, 2.75) is 39.2 Å². The maximum atomic E-state index is 5.45. The molecular weight excluding hydrogens is 443 g/mol. The lowest BCUT2D eigenvalue weighted by molar-refractivity contribution is -0.00683. The Morgan fingerprint density at radius 2 is 2.04 bits per heavy atom. The van der Waals surface area contributed by atoms with Gasteiger partial charge in [-0.3, -0.25) is 14.6 Å². The molecule has 0 aromatic carbocycles. The summed E-state index contributed by atoms with van der Waals surface area (Å²) >= 11 is 0. The molecule has 0 bridgehead atoms. The number of aromatic nitrogens is 2. The fourth-order valence-corrected chi connectivity index (χ4v) is 2.98. The van der Waals surface area contributed by atoms with Crippen molar-refractivity contribution in [1.82, 2.24) is 25.3 Å². The maximum absolute atomic E-state index is 5.45. The Morgan fingerprint density at radius 3 is 2.65 bits per heavy atom. The first-order chi connectivity index (χ1) is 12.0. The molecule has 1 fully saturated rings. The van der Waals surface area contributed by atoms with Gasteiger partial charge in [-0.2, -0.15) is 5.10 Å². The van der Waals surface area contributed by atoms with Crippen molar-refractivity contribution in [3.63, 3.8) is 0 Å². The number of nitrogens with one attached hydrogen (secondary N) is 2. The number of aliphatic imine (C=N–C) groups is 1. The van der Waals surface area contributed by atoms with Gasteiger partial charge in [-0.15, -0.1) is 24.0 Å². The van der Waals surface area contributed by atoms with E-state index in [1.54, 1.807) is 0 Å². The first kappa shape index (κ1) is 23.2. The number of hydrogen-bond donors (Lipinski definition) is 2. The van der Waals surface area contributed by atoms with Crippen molar-refractivity contribution in [2.75, 3.05) is 45.9 Å². The summed E-state index contributed by atoms with van der Waals surface area (Å²) in [7, 11) is 1.95. The van der Waals surface area contributed by atoms with E-state index in [1.165, 1.54) is 5.56 Å². The molecule has 1 aliphatic rings. The van der Waals surface area contributed by atoms with Crippen LogP contribution in [0.25, 0.3) is 0 Å². The highest BCUT2D eigenvalue weighted by Crippen LogP contribution is 2.16. The molecule has 0 amide bonds. The number of halogens is 1. The quantitative estimate of drug-likeness (QED) is 0.258. The van der Waals surface area contributed by atoms with Gasteiger partial charge in [0.05, 0.1) is 26.0 Å². The molecule has 8 heteroatoms. The number of rotatable bonds is 8. The molecule has 0 spiro atoms. The van der Waals surface area contributed by atoms with Gasteiger partial charge in [0, 0.05) is 45.0 Å². The van der Waals surface area contributed by atoms with Crippen LogP contribution >= 0.6 is 24.0 Å². The van der Waals surface area contributed by atoms with Gasteiger partial charge in [0.15, 0.2) is 5.96 Å². The number of nitrogens with zero attached hydrogens (tertiary/aromatic N) is 4. The number of guanidine groups is 1. The Labute approximate surface area is 175 Å². The molecule has 1 aliphatic heterocycles. The van der Waals surface area contributed by atoms with Crippen molar-refractivity contribution < 1.29 is 4.74 Å². The Bertz CT molecular complexity index is 540. The summed E-state index contributed by atoms with van der Waals surface area (Å²) in [4.78, 5) is 7.27. The molecule has 1 saturated heterocycles. The van der Waals surface area contributed by atoms with Crippen LogP contribution in [0.2, 0.25) is 0 Å². The molecule has 0 aliphatic carbocycles. The monoisotopic (exact) mass is 478 g/mol. The minimum absolute atomic E-state index is 0. The zero-order valence-corrected chi connectivity index (χ0v) is 19.0. The van der Waals surface area contributed by atoms with Crippen LogP contribution in [0.1, 0.15) is 32.8 Å². The van der Waals surface area contributed by atoms with Gasteiger partial charge >= 0.3 is 0 Å². The first-order valence-corrected chi connectivity index (χ1v) is 9.34. The predicted molar refractivity (Wildman–Crippen MR) is 117 cm³/mol. The van der Waals surface area contributed by atoms with E-state index in [1.807, 2.05) is 17.9 Å². The van der Waals surface area contributed by atoms with Gasteiger partial charge in [0.25, 0.3) is 0 Å². The van der Waals surface area contributed by atoms with Crippen LogP contribution in [0.15, 0.2) is 17.4 Å². The van der Waals surface area contributed by atoms with Crippen LogP contribution in [0.3, 0.4) is 0 Å². The molecule has 2 rings (SSSR count). The maximum Gasteiger partial charge on any atom is 0.191 e. The molecule has 0 atom stereocenters. The third-order valence-electron chi connectivity index (χ3n) is 4.53. The van der Waals surface area contributed by atoms with E-state index in [0.29, 0.717) is 0 Å². The average molecular weight is 478 g/mol. The molecule has 1 aromatic heterocycles. The van der Waals surface area contributed by atoms with Crippen LogP contribution in [0.4, 0.5) is 0 Å². The van der Waals surface area contributed by atoms with Crippen LogP contribution in [-0.4, -0.2) is 72.1 Å². The van der Waals surface area contributed by atoms with Gasteiger partial charge in [-0.05, 0) is 39.2 Å². The first-order valence-electron chi connectivity index (χ1n) is 9.34. The molecule has 150 valence electrons. The standard InChI is InChI=1S/C18H34N6O.HI/c1-5-19-17(20-8-6-7-16-13-22-23(4)14-16)21-15-18(2,3)24-9-11-25-12-10-24;/h13-14H,5-12,15H2,1-4H3,(H2,19,20,21);1H. The second-order valence-corrected chi connectivity index (χ2v) is 7.16. The minimum Gasteiger partial charge on any atom is -0.379 e. The van der Waals surface area contributed by atoms with E-state index in [4.69, 9.17) is 9.73 Å². The number of ether oxygens (including phenoxy) is 1. The van der Waals surface area contributed by atoms with E-state index in [0.717, 1.165) is 64.7 Å². The third kappa shape index (κ3) is 7.79. The van der Waals surface area contributed by atoms with Gasteiger partial charge in [-0.25, -0.2) is 0 Å². The topological polar surface area (TPSA) is 66.7 Å². The fourth-order valence-electron chi connectivity index (χ4n) is 2.98. The summed E-state index contributed by atoms with van der Waals surface area (Å²) in [6.07, 6.45) is 6.09. The summed E-state index contributed by atoms with van der Waals surface area (Å²) in [5.41, 5.74) is 1.32. The highest BCUT2D eigenvalue weighted by atomic mass is 127. The van der Waals surface area contributed by atoms with Crippen molar-refractivity contribution in [1.29, 1.82) is 0 Å². The molecule has 2 N–H and O–H groups in total. The van der Waals surface area contributed by atoms with Gasteiger partial charge in [0.1, 0.15) is 0 Å². The van der Waals surface area contributed by atoms with Crippen LogP contribution in [-0.2, 0) is 18.2 Å². The molecule has 0 radical (unpaired) electrons. The van der Waals surface area contributed by atoms with Gasteiger partial charge in [0.2, 0.25) is 0 Å². The minimum atomic E-state index is 0. The lowest BCUT2D eigenvalue weighted by atomic mass is 10.0. The smallest absolute Gasteiger partial charge is 0.191 e. The second kappa shape index (κ2) is 11.8. The number of hydrogen-bond acceptors (Lipinski definition) is 4. The van der Waals surface area contributed by atoms with E-state index < -0.39 is 0 Å².